The van der Waals surface area contributed by atoms with Gasteiger partial charge in [0.25, 0.3) is 10.0 Å². The van der Waals surface area contributed by atoms with Crippen LogP contribution in [0.15, 0.2) is 90.1 Å². The van der Waals surface area contributed by atoms with Crippen molar-refractivity contribution in [1.82, 2.24) is 4.98 Å². The number of pyridine rings is 1. The Balaban J connectivity index is 1.75. The number of carbonyl (C=O) groups excluding carboxylic acids is 1. The summed E-state index contributed by atoms with van der Waals surface area (Å²) in [5.74, 6) is -1.03. The number of rotatable bonds is 6. The summed E-state index contributed by atoms with van der Waals surface area (Å²) in [5, 5.41) is 3.86. The number of carbonyl (C=O) groups is 1. The topological polar surface area (TPSA) is 79.4 Å². The molecule has 162 valence electrons. The first-order valence-electron chi connectivity index (χ1n) is 9.82. The van der Waals surface area contributed by atoms with Gasteiger partial charge in [0.1, 0.15) is 12.4 Å². The molecule has 1 aromatic heterocycles. The van der Waals surface area contributed by atoms with E-state index in [4.69, 9.17) is 0 Å². The van der Waals surface area contributed by atoms with E-state index in [1.54, 1.807) is 42.6 Å². The zero-order chi connectivity index (χ0) is 22.7. The van der Waals surface area contributed by atoms with Crippen LogP contribution >= 0.6 is 0 Å². The minimum absolute atomic E-state index is 0.0325. The lowest BCUT2D eigenvalue weighted by molar-refractivity contribution is -0.114. The molecule has 4 aromatic rings. The van der Waals surface area contributed by atoms with Crippen LogP contribution in [0.1, 0.15) is 5.56 Å². The molecule has 3 aromatic carbocycles. The summed E-state index contributed by atoms with van der Waals surface area (Å²) in [6, 6.07) is 18.6. The molecule has 1 heterocycles. The molecule has 0 aliphatic heterocycles. The molecule has 8 heteroatoms. The first kappa shape index (κ1) is 21.5. The van der Waals surface area contributed by atoms with Crippen molar-refractivity contribution in [2.75, 3.05) is 16.2 Å². The average Bonchev–Trinajstić information content (AvgIpc) is 2.78. The van der Waals surface area contributed by atoms with Gasteiger partial charge in [-0.2, -0.15) is 0 Å². The van der Waals surface area contributed by atoms with E-state index >= 15 is 0 Å². The van der Waals surface area contributed by atoms with Gasteiger partial charge in [-0.05, 0) is 61.0 Å². The van der Waals surface area contributed by atoms with Crippen LogP contribution in [0, 0.1) is 12.7 Å². The van der Waals surface area contributed by atoms with Crippen molar-refractivity contribution in [2.24, 2.45) is 0 Å². The Bertz CT molecular complexity index is 1380. The summed E-state index contributed by atoms with van der Waals surface area (Å²) in [7, 11) is -4.17. The van der Waals surface area contributed by atoms with Crippen molar-refractivity contribution in [3.63, 3.8) is 0 Å². The number of halogens is 1. The minimum atomic E-state index is -4.17. The smallest absolute Gasteiger partial charge is 0.265 e. The van der Waals surface area contributed by atoms with Crippen molar-refractivity contribution < 1.29 is 17.6 Å². The van der Waals surface area contributed by atoms with Gasteiger partial charge >= 0.3 is 0 Å². The standard InChI is InChI=1S/C24H20FN3O3S/c1-17-4-2-6-20(14-17)27-24(29)16-28(21-10-8-19(25)9-11-21)32(30,31)23-7-3-5-18-15-26-13-12-22(18)23/h2-15H,16H2,1H3,(H,27,29). The number of anilines is 2. The second-order valence-corrected chi connectivity index (χ2v) is 9.09. The maximum Gasteiger partial charge on any atom is 0.265 e. The van der Waals surface area contributed by atoms with Gasteiger partial charge in [0.2, 0.25) is 5.91 Å². The quantitative estimate of drug-likeness (QED) is 0.470. The Morgan fingerprint density at radius 1 is 1.03 bits per heavy atom. The SMILES string of the molecule is Cc1cccc(NC(=O)CN(c2ccc(F)cc2)S(=O)(=O)c2cccc3cnccc23)c1. The number of amides is 1. The first-order valence-corrected chi connectivity index (χ1v) is 11.3. The number of benzene rings is 3. The largest absolute Gasteiger partial charge is 0.325 e. The highest BCUT2D eigenvalue weighted by Crippen LogP contribution is 2.29. The third kappa shape index (κ3) is 4.45. The third-order valence-corrected chi connectivity index (χ3v) is 6.74. The van der Waals surface area contributed by atoms with E-state index in [0.29, 0.717) is 16.5 Å². The van der Waals surface area contributed by atoms with Crippen molar-refractivity contribution >= 4 is 38.1 Å². The molecule has 1 N–H and O–H groups in total. The fourth-order valence-corrected chi connectivity index (χ4v) is 5.05. The predicted molar refractivity (Wildman–Crippen MR) is 122 cm³/mol. The van der Waals surface area contributed by atoms with Gasteiger partial charge in [-0.1, -0.05) is 24.3 Å². The minimum Gasteiger partial charge on any atom is -0.325 e. The number of hydrogen-bond donors (Lipinski definition) is 1. The molecule has 4 rings (SSSR count). The summed E-state index contributed by atoms with van der Waals surface area (Å²) in [5.41, 5.74) is 1.69. The number of aromatic nitrogens is 1. The van der Waals surface area contributed by atoms with Gasteiger partial charge in [0.15, 0.2) is 0 Å². The summed E-state index contributed by atoms with van der Waals surface area (Å²) < 4.78 is 41.9. The van der Waals surface area contributed by atoms with Crippen LogP contribution in [-0.2, 0) is 14.8 Å². The molecule has 0 spiro atoms. The molecule has 0 atom stereocenters. The zero-order valence-corrected chi connectivity index (χ0v) is 18.0. The summed E-state index contributed by atoms with van der Waals surface area (Å²) >= 11 is 0. The molecule has 0 fully saturated rings. The van der Waals surface area contributed by atoms with Gasteiger partial charge in [0.05, 0.1) is 10.6 Å². The Morgan fingerprint density at radius 2 is 1.78 bits per heavy atom. The average molecular weight is 450 g/mol. The van der Waals surface area contributed by atoms with Crippen molar-refractivity contribution in [3.8, 4) is 0 Å². The van der Waals surface area contributed by atoms with E-state index in [-0.39, 0.29) is 10.6 Å². The Labute approximate surface area is 185 Å². The lowest BCUT2D eigenvalue weighted by atomic mass is 10.2. The molecular formula is C24H20FN3O3S. The summed E-state index contributed by atoms with van der Waals surface area (Å²) in [6.45, 7) is 1.41. The number of sulfonamides is 1. The van der Waals surface area contributed by atoms with Crippen LogP contribution in [0.2, 0.25) is 0 Å². The molecule has 32 heavy (non-hydrogen) atoms. The van der Waals surface area contributed by atoms with E-state index < -0.39 is 28.3 Å². The lowest BCUT2D eigenvalue weighted by Crippen LogP contribution is -2.38. The van der Waals surface area contributed by atoms with Crippen molar-refractivity contribution in [1.29, 1.82) is 0 Å². The van der Waals surface area contributed by atoms with E-state index in [1.165, 1.54) is 24.4 Å². The molecule has 0 bridgehead atoms. The summed E-state index contributed by atoms with van der Waals surface area (Å²) in [6.07, 6.45) is 3.08. The van der Waals surface area contributed by atoms with Crippen LogP contribution in [0.3, 0.4) is 0 Å². The Morgan fingerprint density at radius 3 is 2.53 bits per heavy atom. The van der Waals surface area contributed by atoms with Crippen LogP contribution in [0.4, 0.5) is 15.8 Å². The molecule has 6 nitrogen and oxygen atoms in total. The maximum absolute atomic E-state index is 13.7. The number of nitrogens with one attached hydrogen (secondary N) is 1. The normalized spacial score (nSPS) is 11.3. The monoisotopic (exact) mass is 449 g/mol. The van der Waals surface area contributed by atoms with E-state index in [1.807, 2.05) is 13.0 Å². The highest BCUT2D eigenvalue weighted by Gasteiger charge is 2.29. The van der Waals surface area contributed by atoms with Crippen molar-refractivity contribution in [2.45, 2.75) is 11.8 Å². The molecule has 0 unspecified atom stereocenters. The Hall–Kier alpha value is -3.78. The van der Waals surface area contributed by atoms with E-state index in [2.05, 4.69) is 10.3 Å². The fraction of sp³-hybridized carbons (Fsp3) is 0.0833. The first-order chi connectivity index (χ1) is 15.3. The van der Waals surface area contributed by atoms with Crippen LogP contribution in [0.25, 0.3) is 10.8 Å². The van der Waals surface area contributed by atoms with Crippen LogP contribution in [-0.4, -0.2) is 25.9 Å². The number of nitrogens with zero attached hydrogens (tertiary/aromatic N) is 2. The van der Waals surface area contributed by atoms with E-state index in [9.17, 15) is 17.6 Å². The van der Waals surface area contributed by atoms with Crippen molar-refractivity contribution in [3.05, 3.63) is 96.6 Å². The molecule has 0 aliphatic carbocycles. The molecule has 0 saturated carbocycles. The van der Waals surface area contributed by atoms with Gasteiger partial charge in [-0.25, -0.2) is 12.8 Å². The number of aryl methyl sites for hydroxylation is 1. The van der Waals surface area contributed by atoms with Gasteiger partial charge in [-0.3, -0.25) is 14.1 Å². The van der Waals surface area contributed by atoms with Gasteiger partial charge < -0.3 is 5.32 Å². The second-order valence-electron chi connectivity index (χ2n) is 7.26. The molecular weight excluding hydrogens is 429 g/mol. The molecule has 0 saturated heterocycles. The predicted octanol–water partition coefficient (Wildman–Crippen LogP) is 4.52. The fourth-order valence-electron chi connectivity index (χ4n) is 3.41. The van der Waals surface area contributed by atoms with E-state index in [0.717, 1.165) is 22.0 Å². The van der Waals surface area contributed by atoms with Crippen LogP contribution < -0.4 is 9.62 Å². The van der Waals surface area contributed by atoms with Gasteiger partial charge in [0, 0.05) is 28.9 Å². The number of fused-ring (bicyclic) bond motifs is 1. The highest BCUT2D eigenvalue weighted by molar-refractivity contribution is 7.93. The van der Waals surface area contributed by atoms with Gasteiger partial charge in [-0.15, -0.1) is 0 Å². The zero-order valence-electron chi connectivity index (χ0n) is 17.2. The summed E-state index contributed by atoms with van der Waals surface area (Å²) in [4.78, 5) is 16.9. The molecule has 1 amide bonds. The third-order valence-electron chi connectivity index (χ3n) is 4.91. The second kappa shape index (κ2) is 8.76. The Kier molecular flexibility index (Phi) is 5.87. The highest BCUT2D eigenvalue weighted by atomic mass is 32.2. The number of hydrogen-bond acceptors (Lipinski definition) is 4. The van der Waals surface area contributed by atoms with Crippen LogP contribution in [0.5, 0.6) is 0 Å². The lowest BCUT2D eigenvalue weighted by Gasteiger charge is -2.25. The molecule has 0 aliphatic rings. The molecule has 0 radical (unpaired) electrons. The maximum atomic E-state index is 13.7.